The van der Waals surface area contributed by atoms with E-state index in [0.29, 0.717) is 6.04 Å². The standard InChI is InChI=1S/C17H26N4O2/c1-12-6-4-5-7-15(12)19-14-8-10-21(11-9-14)13(2)16(22)20-17(23)18-3/h4-7,13-14,19H,8-11H2,1-3H3,(H2,18,20,22,23)/t13-/m1/s1. The number of amides is 3. The predicted molar refractivity (Wildman–Crippen MR) is 91.5 cm³/mol. The predicted octanol–water partition coefficient (Wildman–Crippen LogP) is 1.72. The number of carbonyl (C=O) groups is 2. The van der Waals surface area contributed by atoms with E-state index in [4.69, 9.17) is 0 Å². The van der Waals surface area contributed by atoms with Gasteiger partial charge in [0.05, 0.1) is 6.04 Å². The Labute approximate surface area is 137 Å². The third-order valence-corrected chi connectivity index (χ3v) is 4.43. The fraction of sp³-hybridized carbons (Fsp3) is 0.529. The van der Waals surface area contributed by atoms with Crippen molar-refractivity contribution in [2.75, 3.05) is 25.5 Å². The van der Waals surface area contributed by atoms with Gasteiger partial charge in [0.2, 0.25) is 5.91 Å². The van der Waals surface area contributed by atoms with Crippen LogP contribution in [-0.4, -0.2) is 49.1 Å². The molecule has 2 rings (SSSR count). The molecule has 1 saturated heterocycles. The molecule has 0 aromatic heterocycles. The number of hydrogen-bond donors (Lipinski definition) is 3. The number of nitrogens with zero attached hydrogens (tertiary/aromatic N) is 1. The van der Waals surface area contributed by atoms with Crippen molar-refractivity contribution in [2.24, 2.45) is 0 Å². The zero-order valence-electron chi connectivity index (χ0n) is 14.1. The molecule has 1 aromatic rings. The van der Waals surface area contributed by atoms with Gasteiger partial charge >= 0.3 is 6.03 Å². The van der Waals surface area contributed by atoms with Gasteiger partial charge in [-0.3, -0.25) is 15.0 Å². The Morgan fingerprint density at radius 3 is 2.48 bits per heavy atom. The summed E-state index contributed by atoms with van der Waals surface area (Å²) in [4.78, 5) is 25.3. The number of nitrogens with one attached hydrogen (secondary N) is 3. The summed E-state index contributed by atoms with van der Waals surface area (Å²) in [5.41, 5.74) is 2.42. The first kappa shape index (κ1) is 17.3. The lowest BCUT2D eigenvalue weighted by Crippen LogP contribution is -2.52. The Morgan fingerprint density at radius 1 is 1.22 bits per heavy atom. The van der Waals surface area contributed by atoms with E-state index in [9.17, 15) is 9.59 Å². The summed E-state index contributed by atoms with van der Waals surface area (Å²) in [6.45, 7) is 5.62. The van der Waals surface area contributed by atoms with Crippen molar-refractivity contribution in [1.29, 1.82) is 0 Å². The lowest BCUT2D eigenvalue weighted by molar-refractivity contribution is -0.125. The maximum absolute atomic E-state index is 12.0. The van der Waals surface area contributed by atoms with E-state index >= 15 is 0 Å². The Bertz CT molecular complexity index is 553. The zero-order chi connectivity index (χ0) is 16.8. The molecule has 6 nitrogen and oxygen atoms in total. The van der Waals surface area contributed by atoms with Crippen LogP contribution in [0, 0.1) is 6.92 Å². The molecular weight excluding hydrogens is 292 g/mol. The zero-order valence-corrected chi connectivity index (χ0v) is 14.1. The maximum Gasteiger partial charge on any atom is 0.321 e. The number of carbonyl (C=O) groups excluding carboxylic acids is 2. The molecule has 1 fully saturated rings. The van der Waals surface area contributed by atoms with Crippen LogP contribution in [0.25, 0.3) is 0 Å². The molecule has 0 radical (unpaired) electrons. The van der Waals surface area contributed by atoms with Crippen molar-refractivity contribution in [3.8, 4) is 0 Å². The van der Waals surface area contributed by atoms with Gasteiger partial charge < -0.3 is 10.6 Å². The highest BCUT2D eigenvalue weighted by Gasteiger charge is 2.27. The molecule has 0 saturated carbocycles. The second-order valence-corrected chi connectivity index (χ2v) is 6.01. The van der Waals surface area contributed by atoms with Crippen LogP contribution in [-0.2, 0) is 4.79 Å². The number of likely N-dealkylation sites (tertiary alicyclic amines) is 1. The topological polar surface area (TPSA) is 73.5 Å². The van der Waals surface area contributed by atoms with Crippen molar-refractivity contribution in [1.82, 2.24) is 15.5 Å². The fourth-order valence-electron chi connectivity index (χ4n) is 2.83. The minimum absolute atomic E-state index is 0.255. The highest BCUT2D eigenvalue weighted by molar-refractivity contribution is 5.96. The van der Waals surface area contributed by atoms with Gasteiger partial charge in [0.1, 0.15) is 0 Å². The SMILES string of the molecule is CNC(=O)NC(=O)[C@@H](C)N1CCC(Nc2ccccc2C)CC1. The normalized spacial score (nSPS) is 17.3. The quantitative estimate of drug-likeness (QED) is 0.790. The number of anilines is 1. The van der Waals surface area contributed by atoms with E-state index in [2.05, 4.69) is 39.9 Å². The molecule has 23 heavy (non-hydrogen) atoms. The summed E-state index contributed by atoms with van der Waals surface area (Å²) in [7, 11) is 1.50. The molecule has 1 aliphatic rings. The molecule has 0 aliphatic carbocycles. The van der Waals surface area contributed by atoms with Gasteiger partial charge in [-0.05, 0) is 38.3 Å². The van der Waals surface area contributed by atoms with Crippen molar-refractivity contribution >= 4 is 17.6 Å². The number of benzene rings is 1. The van der Waals surface area contributed by atoms with E-state index < -0.39 is 6.03 Å². The van der Waals surface area contributed by atoms with Crippen LogP contribution in [0.2, 0.25) is 0 Å². The molecule has 0 bridgehead atoms. The monoisotopic (exact) mass is 318 g/mol. The number of aryl methyl sites for hydroxylation is 1. The summed E-state index contributed by atoms with van der Waals surface area (Å²) < 4.78 is 0. The van der Waals surface area contributed by atoms with Crippen molar-refractivity contribution < 1.29 is 9.59 Å². The molecule has 1 aliphatic heterocycles. The number of para-hydroxylation sites is 1. The molecule has 3 amide bonds. The first-order valence-corrected chi connectivity index (χ1v) is 8.10. The fourth-order valence-corrected chi connectivity index (χ4v) is 2.83. The average Bonchev–Trinajstić information content (AvgIpc) is 2.56. The van der Waals surface area contributed by atoms with Crippen LogP contribution >= 0.6 is 0 Å². The first-order chi connectivity index (χ1) is 11.0. The van der Waals surface area contributed by atoms with Gasteiger partial charge in [0.15, 0.2) is 0 Å². The molecule has 3 N–H and O–H groups in total. The van der Waals surface area contributed by atoms with Crippen molar-refractivity contribution in [3.63, 3.8) is 0 Å². The summed E-state index contributed by atoms with van der Waals surface area (Å²) in [6, 6.07) is 7.93. The third-order valence-electron chi connectivity index (χ3n) is 4.43. The largest absolute Gasteiger partial charge is 0.382 e. The van der Waals surface area contributed by atoms with Crippen LogP contribution in [0.4, 0.5) is 10.5 Å². The van der Waals surface area contributed by atoms with E-state index in [-0.39, 0.29) is 11.9 Å². The molecular formula is C17H26N4O2. The number of piperidine rings is 1. The van der Waals surface area contributed by atoms with Gasteiger partial charge in [-0.25, -0.2) is 4.79 Å². The van der Waals surface area contributed by atoms with Crippen LogP contribution < -0.4 is 16.0 Å². The van der Waals surface area contributed by atoms with Crippen LogP contribution in [0.3, 0.4) is 0 Å². The smallest absolute Gasteiger partial charge is 0.321 e. The second kappa shape index (κ2) is 7.97. The molecule has 0 unspecified atom stereocenters. The Hall–Kier alpha value is -2.08. The van der Waals surface area contributed by atoms with Gasteiger partial charge in [-0.15, -0.1) is 0 Å². The molecule has 1 aromatic carbocycles. The number of hydrogen-bond acceptors (Lipinski definition) is 4. The van der Waals surface area contributed by atoms with Crippen LogP contribution in [0.5, 0.6) is 0 Å². The lowest BCUT2D eigenvalue weighted by atomic mass is 10.0. The molecule has 6 heteroatoms. The summed E-state index contributed by atoms with van der Waals surface area (Å²) in [5, 5.41) is 8.32. The van der Waals surface area contributed by atoms with Gasteiger partial charge in [0, 0.05) is 31.9 Å². The summed E-state index contributed by atoms with van der Waals surface area (Å²) >= 11 is 0. The summed E-state index contributed by atoms with van der Waals surface area (Å²) in [6.07, 6.45) is 1.96. The highest BCUT2D eigenvalue weighted by atomic mass is 16.2. The van der Waals surface area contributed by atoms with E-state index in [1.54, 1.807) is 0 Å². The lowest BCUT2D eigenvalue weighted by Gasteiger charge is -2.36. The van der Waals surface area contributed by atoms with E-state index in [1.165, 1.54) is 18.3 Å². The average molecular weight is 318 g/mol. The Balaban J connectivity index is 1.82. The van der Waals surface area contributed by atoms with Crippen LogP contribution in [0.15, 0.2) is 24.3 Å². The number of urea groups is 1. The highest BCUT2D eigenvalue weighted by Crippen LogP contribution is 2.20. The number of imide groups is 1. The van der Waals surface area contributed by atoms with Crippen molar-refractivity contribution in [2.45, 2.75) is 38.8 Å². The molecule has 0 spiro atoms. The summed E-state index contributed by atoms with van der Waals surface area (Å²) in [5.74, 6) is -0.255. The van der Waals surface area contributed by atoms with E-state index in [0.717, 1.165) is 25.9 Å². The Morgan fingerprint density at radius 2 is 1.87 bits per heavy atom. The minimum Gasteiger partial charge on any atom is -0.382 e. The molecule has 1 atom stereocenters. The van der Waals surface area contributed by atoms with Gasteiger partial charge in [-0.2, -0.15) is 0 Å². The molecule has 126 valence electrons. The first-order valence-electron chi connectivity index (χ1n) is 8.10. The van der Waals surface area contributed by atoms with Gasteiger partial charge in [-0.1, -0.05) is 18.2 Å². The van der Waals surface area contributed by atoms with Crippen LogP contribution in [0.1, 0.15) is 25.3 Å². The molecule has 1 heterocycles. The van der Waals surface area contributed by atoms with E-state index in [1.807, 2.05) is 19.1 Å². The second-order valence-electron chi connectivity index (χ2n) is 6.01. The maximum atomic E-state index is 12.0. The Kier molecular flexibility index (Phi) is 5.98. The number of rotatable bonds is 4. The third kappa shape index (κ3) is 4.69. The minimum atomic E-state index is -0.460. The van der Waals surface area contributed by atoms with Crippen molar-refractivity contribution in [3.05, 3.63) is 29.8 Å². The van der Waals surface area contributed by atoms with Gasteiger partial charge in [0.25, 0.3) is 0 Å².